The van der Waals surface area contributed by atoms with E-state index in [1.807, 2.05) is 6.08 Å². The molecule has 0 unspecified atom stereocenters. The summed E-state index contributed by atoms with van der Waals surface area (Å²) in [6.45, 7) is 1.64. The summed E-state index contributed by atoms with van der Waals surface area (Å²) in [5.41, 5.74) is 10.1. The lowest BCUT2D eigenvalue weighted by atomic mass is 9.99. The van der Waals surface area contributed by atoms with E-state index in [1.165, 1.54) is 6.07 Å². The van der Waals surface area contributed by atoms with Crippen molar-refractivity contribution >= 4 is 11.3 Å². The first-order valence-corrected chi connectivity index (χ1v) is 5.06. The second-order valence-electron chi connectivity index (χ2n) is 3.54. The molecule has 1 aliphatic rings. The molecule has 1 heterocycles. The van der Waals surface area contributed by atoms with Gasteiger partial charge in [-0.15, -0.1) is 0 Å². The van der Waals surface area contributed by atoms with Gasteiger partial charge in [0, 0.05) is 22.7 Å². The monoisotopic (exact) mass is 218 g/mol. The minimum Gasteiger partial charge on any atom is -0.313 e. The molecule has 1 aromatic carbocycles. The highest BCUT2D eigenvalue weighted by Crippen LogP contribution is 2.25. The van der Waals surface area contributed by atoms with Crippen LogP contribution in [0.3, 0.4) is 0 Å². The second-order valence-corrected chi connectivity index (χ2v) is 3.54. The van der Waals surface area contributed by atoms with Crippen molar-refractivity contribution in [1.82, 2.24) is 5.32 Å². The molecule has 0 aliphatic carbocycles. The molecule has 1 aliphatic heterocycles. The van der Waals surface area contributed by atoms with E-state index < -0.39 is 0 Å². The third-order valence-electron chi connectivity index (χ3n) is 2.52. The number of hydrogen-bond donors (Lipinski definition) is 1. The van der Waals surface area contributed by atoms with Crippen LogP contribution in [0.1, 0.15) is 12.0 Å². The molecule has 5 heteroatoms. The summed E-state index contributed by atoms with van der Waals surface area (Å²) in [6.07, 6.45) is 2.80. The third kappa shape index (κ3) is 2.21. The van der Waals surface area contributed by atoms with Gasteiger partial charge in [-0.1, -0.05) is 23.3 Å². The standard InChI is InChI=1S/C11H11FN4/c12-11-7-9(15-16-13)1-2-10(11)8-3-5-14-6-4-8/h1-3,7,14H,4-6H2. The van der Waals surface area contributed by atoms with E-state index in [1.54, 1.807) is 12.1 Å². The fourth-order valence-electron chi connectivity index (χ4n) is 1.75. The van der Waals surface area contributed by atoms with Crippen molar-refractivity contribution < 1.29 is 4.39 Å². The molecule has 82 valence electrons. The van der Waals surface area contributed by atoms with E-state index in [2.05, 4.69) is 15.3 Å². The number of hydrogen-bond acceptors (Lipinski definition) is 2. The zero-order valence-corrected chi connectivity index (χ0v) is 8.65. The normalized spacial score (nSPS) is 15.2. The SMILES string of the molecule is [N-]=[N+]=Nc1ccc(C2=CCNCC2)c(F)c1. The highest BCUT2D eigenvalue weighted by Gasteiger charge is 2.10. The van der Waals surface area contributed by atoms with Crippen LogP contribution in [-0.4, -0.2) is 13.1 Å². The van der Waals surface area contributed by atoms with Gasteiger partial charge < -0.3 is 5.32 Å². The molecule has 0 spiro atoms. The smallest absolute Gasteiger partial charge is 0.131 e. The summed E-state index contributed by atoms with van der Waals surface area (Å²) in [5, 5.41) is 6.53. The van der Waals surface area contributed by atoms with Gasteiger partial charge in [0.2, 0.25) is 0 Å². The van der Waals surface area contributed by atoms with Crippen LogP contribution in [0.15, 0.2) is 29.4 Å². The van der Waals surface area contributed by atoms with Crippen LogP contribution >= 0.6 is 0 Å². The van der Waals surface area contributed by atoms with E-state index >= 15 is 0 Å². The number of benzene rings is 1. The molecule has 1 aromatic rings. The van der Waals surface area contributed by atoms with Gasteiger partial charge in [-0.3, -0.25) is 0 Å². The van der Waals surface area contributed by atoms with Gasteiger partial charge in [-0.25, -0.2) is 4.39 Å². The number of rotatable bonds is 2. The molecular weight excluding hydrogens is 207 g/mol. The van der Waals surface area contributed by atoms with E-state index in [0.717, 1.165) is 25.1 Å². The summed E-state index contributed by atoms with van der Waals surface area (Å²) in [4.78, 5) is 2.62. The van der Waals surface area contributed by atoms with E-state index in [4.69, 9.17) is 5.53 Å². The van der Waals surface area contributed by atoms with Crippen LogP contribution in [0.25, 0.3) is 16.0 Å². The van der Waals surface area contributed by atoms with Crippen molar-refractivity contribution in [3.63, 3.8) is 0 Å². The lowest BCUT2D eigenvalue weighted by Crippen LogP contribution is -2.20. The van der Waals surface area contributed by atoms with Gasteiger partial charge in [0.1, 0.15) is 5.82 Å². The number of azide groups is 1. The topological polar surface area (TPSA) is 60.8 Å². The Morgan fingerprint density at radius 3 is 2.94 bits per heavy atom. The predicted molar refractivity (Wildman–Crippen MR) is 60.7 cm³/mol. The lowest BCUT2D eigenvalue weighted by molar-refractivity contribution is 0.621. The van der Waals surface area contributed by atoms with Crippen molar-refractivity contribution in [2.24, 2.45) is 5.11 Å². The molecular formula is C11H11FN4. The Hall–Kier alpha value is -1.84. The predicted octanol–water partition coefficient (Wildman–Crippen LogP) is 3.14. The maximum absolute atomic E-state index is 13.7. The summed E-state index contributed by atoms with van der Waals surface area (Å²) in [6, 6.07) is 4.55. The lowest BCUT2D eigenvalue weighted by Gasteiger charge is -2.14. The van der Waals surface area contributed by atoms with Crippen molar-refractivity contribution in [2.75, 3.05) is 13.1 Å². The maximum Gasteiger partial charge on any atom is 0.131 e. The first kappa shape index (κ1) is 10.7. The van der Waals surface area contributed by atoms with Crippen LogP contribution in [0, 0.1) is 5.82 Å². The summed E-state index contributed by atoms with van der Waals surface area (Å²) in [7, 11) is 0. The van der Waals surface area contributed by atoms with Crippen LogP contribution in [0.4, 0.5) is 10.1 Å². The highest BCUT2D eigenvalue weighted by molar-refractivity contribution is 5.68. The molecule has 0 saturated carbocycles. The highest BCUT2D eigenvalue weighted by atomic mass is 19.1. The molecule has 16 heavy (non-hydrogen) atoms. The fraction of sp³-hybridized carbons (Fsp3) is 0.273. The zero-order valence-electron chi connectivity index (χ0n) is 8.65. The molecule has 4 nitrogen and oxygen atoms in total. The van der Waals surface area contributed by atoms with Crippen LogP contribution in [0.5, 0.6) is 0 Å². The van der Waals surface area contributed by atoms with Crippen molar-refractivity contribution in [2.45, 2.75) is 6.42 Å². The summed E-state index contributed by atoms with van der Waals surface area (Å²) >= 11 is 0. The van der Waals surface area contributed by atoms with Gasteiger partial charge in [0.15, 0.2) is 0 Å². The second kappa shape index (κ2) is 4.79. The summed E-state index contributed by atoms with van der Waals surface area (Å²) in [5.74, 6) is -0.335. The molecule has 0 amide bonds. The van der Waals surface area contributed by atoms with Crippen LogP contribution < -0.4 is 5.32 Å². The molecule has 0 atom stereocenters. The Morgan fingerprint density at radius 1 is 1.44 bits per heavy atom. The van der Waals surface area contributed by atoms with Crippen LogP contribution in [-0.2, 0) is 0 Å². The average Bonchev–Trinajstić information content (AvgIpc) is 2.31. The van der Waals surface area contributed by atoms with Crippen molar-refractivity contribution in [3.05, 3.63) is 46.1 Å². The van der Waals surface area contributed by atoms with Gasteiger partial charge in [-0.05, 0) is 30.1 Å². The maximum atomic E-state index is 13.7. The molecule has 0 radical (unpaired) electrons. The molecule has 2 rings (SSSR count). The zero-order chi connectivity index (χ0) is 11.4. The van der Waals surface area contributed by atoms with Gasteiger partial charge in [0.05, 0.1) is 0 Å². The number of nitrogens with zero attached hydrogens (tertiary/aromatic N) is 3. The molecule has 0 bridgehead atoms. The van der Waals surface area contributed by atoms with E-state index in [-0.39, 0.29) is 5.82 Å². The van der Waals surface area contributed by atoms with Crippen molar-refractivity contribution in [3.8, 4) is 0 Å². The minimum absolute atomic E-state index is 0.304. The van der Waals surface area contributed by atoms with Crippen LogP contribution in [0.2, 0.25) is 0 Å². The Labute approximate surface area is 92.4 Å². The van der Waals surface area contributed by atoms with Crippen molar-refractivity contribution in [1.29, 1.82) is 0 Å². The number of nitrogens with one attached hydrogen (secondary N) is 1. The Balaban J connectivity index is 2.35. The molecule has 0 fully saturated rings. The quantitative estimate of drug-likeness (QED) is 0.462. The Morgan fingerprint density at radius 2 is 2.31 bits per heavy atom. The van der Waals surface area contributed by atoms with Gasteiger partial charge in [-0.2, -0.15) is 0 Å². The third-order valence-corrected chi connectivity index (χ3v) is 2.52. The first-order chi connectivity index (χ1) is 7.81. The molecule has 1 N–H and O–H groups in total. The fourth-order valence-corrected chi connectivity index (χ4v) is 1.75. The Bertz CT molecular complexity index is 475. The summed E-state index contributed by atoms with van der Waals surface area (Å²) < 4.78 is 13.7. The Kier molecular flexibility index (Phi) is 3.19. The van der Waals surface area contributed by atoms with E-state index in [0.29, 0.717) is 11.3 Å². The average molecular weight is 218 g/mol. The van der Waals surface area contributed by atoms with E-state index in [9.17, 15) is 4.39 Å². The largest absolute Gasteiger partial charge is 0.313 e. The number of halogens is 1. The molecule has 0 saturated heterocycles. The first-order valence-electron chi connectivity index (χ1n) is 5.06. The molecule has 0 aromatic heterocycles. The van der Waals surface area contributed by atoms with Gasteiger partial charge in [0.25, 0.3) is 0 Å². The minimum atomic E-state index is -0.335. The van der Waals surface area contributed by atoms with Gasteiger partial charge >= 0.3 is 0 Å².